The van der Waals surface area contributed by atoms with Crippen molar-refractivity contribution >= 4 is 22.8 Å². The molecule has 0 aliphatic carbocycles. The van der Waals surface area contributed by atoms with E-state index in [-0.39, 0.29) is 18.1 Å². The molecule has 2 heterocycles. The number of rotatable bonds is 5. The minimum atomic E-state index is -0.227. The summed E-state index contributed by atoms with van der Waals surface area (Å²) in [6, 6.07) is 21.2. The van der Waals surface area contributed by atoms with Gasteiger partial charge in [0.1, 0.15) is 12.4 Å². The van der Waals surface area contributed by atoms with Gasteiger partial charge in [-0.25, -0.2) is 4.98 Å². The van der Waals surface area contributed by atoms with Crippen LogP contribution in [-0.4, -0.2) is 32.1 Å². The van der Waals surface area contributed by atoms with E-state index in [4.69, 9.17) is 23.9 Å². The molecule has 6 heteroatoms. The molecule has 0 saturated carbocycles. The first-order valence-electron chi connectivity index (χ1n) is 10.8. The molecule has 0 N–H and O–H groups in total. The molecular formula is C28H23NO5. The molecule has 6 nitrogen and oxygen atoms in total. The first-order valence-corrected chi connectivity index (χ1v) is 10.8. The van der Waals surface area contributed by atoms with Crippen LogP contribution in [-0.2, 0) is 11.3 Å². The van der Waals surface area contributed by atoms with Crippen LogP contribution >= 0.6 is 0 Å². The molecule has 0 saturated heterocycles. The van der Waals surface area contributed by atoms with Crippen LogP contribution in [0.25, 0.3) is 28.1 Å². The van der Waals surface area contributed by atoms with Gasteiger partial charge in [-0.2, -0.15) is 0 Å². The molecule has 34 heavy (non-hydrogen) atoms. The molecule has 0 atom stereocenters. The van der Waals surface area contributed by atoms with Gasteiger partial charge in [0, 0.05) is 22.6 Å². The van der Waals surface area contributed by atoms with Gasteiger partial charge in [0.25, 0.3) is 0 Å². The molecule has 3 aromatic carbocycles. The Morgan fingerprint density at radius 2 is 1.50 bits per heavy atom. The summed E-state index contributed by atoms with van der Waals surface area (Å²) >= 11 is 0. The van der Waals surface area contributed by atoms with Crippen molar-refractivity contribution in [2.75, 3.05) is 21.3 Å². The van der Waals surface area contributed by atoms with Crippen LogP contribution in [0.1, 0.15) is 21.6 Å². The monoisotopic (exact) mass is 453 g/mol. The molecule has 1 aliphatic rings. The Morgan fingerprint density at radius 3 is 2.24 bits per heavy atom. The molecule has 0 unspecified atom stereocenters. The molecule has 1 aromatic heterocycles. The highest BCUT2D eigenvalue weighted by Crippen LogP contribution is 2.39. The van der Waals surface area contributed by atoms with Gasteiger partial charge in [0.15, 0.2) is 17.3 Å². The zero-order valence-corrected chi connectivity index (χ0v) is 19.1. The number of hydrogen-bond acceptors (Lipinski definition) is 6. The van der Waals surface area contributed by atoms with E-state index in [1.54, 1.807) is 39.5 Å². The highest BCUT2D eigenvalue weighted by atomic mass is 16.5. The number of pyridine rings is 1. The number of benzene rings is 3. The number of hydrogen-bond donors (Lipinski definition) is 0. The third-order valence-electron chi connectivity index (χ3n) is 5.87. The van der Waals surface area contributed by atoms with Gasteiger partial charge < -0.3 is 18.9 Å². The third-order valence-corrected chi connectivity index (χ3v) is 5.87. The van der Waals surface area contributed by atoms with Gasteiger partial charge in [-0.3, -0.25) is 4.79 Å². The number of aromatic nitrogens is 1. The Kier molecular flexibility index (Phi) is 5.64. The van der Waals surface area contributed by atoms with Gasteiger partial charge in [-0.1, -0.05) is 48.5 Å². The minimum Gasteiger partial charge on any atom is -0.496 e. The Hall–Kier alpha value is -4.32. The van der Waals surface area contributed by atoms with Crippen LogP contribution in [0.15, 0.2) is 72.5 Å². The fourth-order valence-corrected chi connectivity index (χ4v) is 4.27. The second kappa shape index (κ2) is 8.90. The molecule has 0 bridgehead atoms. The molecule has 1 aliphatic heterocycles. The van der Waals surface area contributed by atoms with Gasteiger partial charge in [0.2, 0.25) is 5.78 Å². The summed E-state index contributed by atoms with van der Waals surface area (Å²) in [5.41, 5.74) is 4.46. The van der Waals surface area contributed by atoms with E-state index in [0.717, 1.165) is 22.0 Å². The fourth-order valence-electron chi connectivity index (χ4n) is 4.27. The smallest absolute Gasteiger partial charge is 0.230 e. The molecule has 170 valence electrons. The summed E-state index contributed by atoms with van der Waals surface area (Å²) in [5, 5.41) is 0.922. The summed E-state index contributed by atoms with van der Waals surface area (Å²) in [6.45, 7) is 0.188. The summed E-state index contributed by atoms with van der Waals surface area (Å²) < 4.78 is 22.2. The van der Waals surface area contributed by atoms with Crippen molar-refractivity contribution in [1.82, 2.24) is 4.98 Å². The molecule has 0 radical (unpaired) electrons. The van der Waals surface area contributed by atoms with Crippen LogP contribution in [0.3, 0.4) is 0 Å². The largest absolute Gasteiger partial charge is 0.496 e. The zero-order chi connectivity index (χ0) is 23.7. The van der Waals surface area contributed by atoms with E-state index in [1.807, 2.05) is 54.6 Å². The highest BCUT2D eigenvalue weighted by molar-refractivity contribution is 6.18. The highest BCUT2D eigenvalue weighted by Gasteiger charge is 2.30. The number of ketones is 1. The van der Waals surface area contributed by atoms with Crippen molar-refractivity contribution in [3.63, 3.8) is 0 Å². The number of methoxy groups -OCH3 is 3. The quantitative estimate of drug-likeness (QED) is 0.362. The summed E-state index contributed by atoms with van der Waals surface area (Å²) in [4.78, 5) is 18.5. The van der Waals surface area contributed by atoms with Gasteiger partial charge in [-0.05, 0) is 23.8 Å². The molecule has 0 spiro atoms. The van der Waals surface area contributed by atoms with Crippen molar-refractivity contribution in [3.05, 3.63) is 89.3 Å². The average molecular weight is 453 g/mol. The third kappa shape index (κ3) is 3.63. The summed E-state index contributed by atoms with van der Waals surface area (Å²) in [7, 11) is 4.68. The Balaban J connectivity index is 1.70. The normalized spacial score (nSPS) is 14.0. The van der Waals surface area contributed by atoms with Crippen molar-refractivity contribution in [2.45, 2.75) is 6.61 Å². The van der Waals surface area contributed by atoms with Crippen molar-refractivity contribution < 1.29 is 23.7 Å². The maximum absolute atomic E-state index is 13.8. The van der Waals surface area contributed by atoms with E-state index >= 15 is 0 Å². The number of fused-ring (bicyclic) bond motifs is 2. The van der Waals surface area contributed by atoms with Crippen LogP contribution < -0.4 is 14.2 Å². The lowest BCUT2D eigenvalue weighted by atomic mass is 9.90. The topological polar surface area (TPSA) is 66.9 Å². The first kappa shape index (κ1) is 21.5. The van der Waals surface area contributed by atoms with Crippen LogP contribution in [0.4, 0.5) is 0 Å². The van der Waals surface area contributed by atoms with Crippen molar-refractivity contribution in [2.24, 2.45) is 0 Å². The molecule has 0 fully saturated rings. The fraction of sp³-hybridized carbons (Fsp3) is 0.143. The number of allylic oxidation sites excluding steroid dienone is 1. The summed E-state index contributed by atoms with van der Waals surface area (Å²) in [6.07, 6.45) is 1.68. The molecular weight excluding hydrogens is 430 g/mol. The predicted molar refractivity (Wildman–Crippen MR) is 130 cm³/mol. The lowest BCUT2D eigenvalue weighted by Crippen LogP contribution is -2.19. The Labute approximate surface area is 197 Å². The second-order valence-corrected chi connectivity index (χ2v) is 7.77. The Morgan fingerprint density at radius 1 is 0.824 bits per heavy atom. The van der Waals surface area contributed by atoms with Crippen LogP contribution in [0.5, 0.6) is 17.2 Å². The van der Waals surface area contributed by atoms with Crippen molar-refractivity contribution in [1.29, 1.82) is 0 Å². The van der Waals surface area contributed by atoms with Crippen molar-refractivity contribution in [3.8, 4) is 28.4 Å². The average Bonchev–Trinajstić information content (AvgIpc) is 2.89. The van der Waals surface area contributed by atoms with Gasteiger partial charge >= 0.3 is 0 Å². The van der Waals surface area contributed by atoms with Gasteiger partial charge in [-0.15, -0.1) is 0 Å². The molecule has 5 rings (SSSR count). The first-order chi connectivity index (χ1) is 16.6. The predicted octanol–water partition coefficient (Wildman–Crippen LogP) is 5.68. The van der Waals surface area contributed by atoms with Gasteiger partial charge in [0.05, 0.1) is 38.1 Å². The van der Waals surface area contributed by atoms with E-state index in [1.165, 1.54) is 0 Å². The lowest BCUT2D eigenvalue weighted by molar-refractivity contribution is 0.0867. The van der Waals surface area contributed by atoms with E-state index in [2.05, 4.69) is 0 Å². The second-order valence-electron chi connectivity index (χ2n) is 7.77. The SMILES string of the molecule is COc1cc(OC)c(OC)cc1C=C1OCc2nc3ccccc3c(-c3ccccc3)c2C1=O. The molecule has 4 aromatic rings. The maximum Gasteiger partial charge on any atom is 0.230 e. The van der Waals surface area contributed by atoms with E-state index in [9.17, 15) is 4.79 Å². The standard InChI is InChI=1S/C28H23NO5/c1-31-22-15-24(33-3)23(32-2)13-18(22)14-25-28(30)27-21(16-34-25)29-20-12-8-7-11-19(20)26(27)17-9-5-4-6-10-17/h4-15H,16H2,1-3H3. The Bertz CT molecular complexity index is 1430. The number of para-hydroxylation sites is 1. The maximum atomic E-state index is 13.8. The van der Waals surface area contributed by atoms with Crippen LogP contribution in [0, 0.1) is 0 Å². The number of carbonyl (C=O) groups is 1. The van der Waals surface area contributed by atoms with E-state index in [0.29, 0.717) is 34.1 Å². The number of nitrogens with zero attached hydrogens (tertiary/aromatic N) is 1. The number of carbonyl (C=O) groups excluding carboxylic acids is 1. The number of Topliss-reactive ketones (excluding diaryl/α,β-unsaturated/α-hetero) is 1. The number of ether oxygens (including phenoxy) is 4. The summed E-state index contributed by atoms with van der Waals surface area (Å²) in [5.74, 6) is 1.58. The lowest BCUT2D eigenvalue weighted by Gasteiger charge is -2.23. The minimum absolute atomic E-state index is 0.188. The van der Waals surface area contributed by atoms with Crippen LogP contribution in [0.2, 0.25) is 0 Å². The zero-order valence-electron chi connectivity index (χ0n) is 19.1. The van der Waals surface area contributed by atoms with E-state index < -0.39 is 0 Å². The molecule has 0 amide bonds.